The first-order valence-corrected chi connectivity index (χ1v) is 6.86. The van der Waals surface area contributed by atoms with Crippen LogP contribution in [0.4, 0.5) is 13.2 Å². The molecule has 0 spiro atoms. The maximum absolute atomic E-state index is 11.9. The van der Waals surface area contributed by atoms with Crippen LogP contribution in [0.3, 0.4) is 0 Å². The molecule has 1 fully saturated rings. The number of ether oxygens (including phenoxy) is 1. The maximum Gasteiger partial charge on any atom is 0.411 e. The van der Waals surface area contributed by atoms with Crippen LogP contribution in [-0.2, 0) is 9.53 Å². The van der Waals surface area contributed by atoms with E-state index in [4.69, 9.17) is 5.11 Å². The number of likely N-dealkylation sites (tertiary alicyclic amines) is 1. The van der Waals surface area contributed by atoms with Crippen LogP contribution in [-0.4, -0.2) is 55.0 Å². The Labute approximate surface area is 116 Å². The molecule has 2 atom stereocenters. The molecule has 20 heavy (non-hydrogen) atoms. The van der Waals surface area contributed by atoms with Gasteiger partial charge in [-0.05, 0) is 31.2 Å². The van der Waals surface area contributed by atoms with Crippen molar-refractivity contribution in [3.8, 4) is 0 Å². The molecule has 0 radical (unpaired) electrons. The number of aliphatic carboxylic acids is 1. The first kappa shape index (κ1) is 17.2. The Hall–Kier alpha value is -0.820. The zero-order valence-electron chi connectivity index (χ0n) is 11.7. The molecule has 0 saturated carbocycles. The highest BCUT2D eigenvalue weighted by molar-refractivity contribution is 5.66. The molecule has 4 nitrogen and oxygen atoms in total. The summed E-state index contributed by atoms with van der Waals surface area (Å²) in [5.41, 5.74) is 0. The number of carboxylic acids is 1. The Morgan fingerprint density at radius 2 is 2.20 bits per heavy atom. The molecule has 7 heteroatoms. The van der Waals surface area contributed by atoms with E-state index in [1.807, 2.05) is 6.92 Å². The molecular formula is C13H22F3NO3. The van der Waals surface area contributed by atoms with Crippen molar-refractivity contribution < 1.29 is 27.8 Å². The van der Waals surface area contributed by atoms with E-state index in [1.54, 1.807) is 0 Å². The minimum absolute atomic E-state index is 0.0551. The van der Waals surface area contributed by atoms with E-state index in [1.165, 1.54) is 0 Å². The number of halogens is 3. The lowest BCUT2D eigenvalue weighted by atomic mass is 9.85. The van der Waals surface area contributed by atoms with E-state index in [0.717, 1.165) is 25.9 Å². The Morgan fingerprint density at radius 3 is 2.80 bits per heavy atom. The summed E-state index contributed by atoms with van der Waals surface area (Å²) in [6.45, 7) is 2.81. The quantitative estimate of drug-likeness (QED) is 0.733. The molecule has 0 aliphatic carbocycles. The van der Waals surface area contributed by atoms with Crippen LogP contribution in [0, 0.1) is 11.8 Å². The van der Waals surface area contributed by atoms with Gasteiger partial charge in [-0.1, -0.05) is 6.92 Å². The maximum atomic E-state index is 11.9. The number of alkyl halides is 3. The number of nitrogens with zero attached hydrogens (tertiary/aromatic N) is 1. The highest BCUT2D eigenvalue weighted by atomic mass is 19.4. The lowest BCUT2D eigenvalue weighted by Gasteiger charge is -2.35. The van der Waals surface area contributed by atoms with E-state index in [0.29, 0.717) is 12.5 Å². The van der Waals surface area contributed by atoms with Crippen LogP contribution in [0.25, 0.3) is 0 Å². The number of hydrogen-bond acceptors (Lipinski definition) is 3. The molecule has 2 unspecified atom stereocenters. The summed E-state index contributed by atoms with van der Waals surface area (Å²) in [6, 6.07) is 0. The zero-order chi connectivity index (χ0) is 15.2. The van der Waals surface area contributed by atoms with Gasteiger partial charge in [0.25, 0.3) is 0 Å². The van der Waals surface area contributed by atoms with Gasteiger partial charge in [0.15, 0.2) is 0 Å². The number of piperidine rings is 1. The van der Waals surface area contributed by atoms with Crippen LogP contribution in [0.1, 0.15) is 26.2 Å². The van der Waals surface area contributed by atoms with Gasteiger partial charge in [0.1, 0.15) is 6.61 Å². The molecule has 1 aliphatic heterocycles. The van der Waals surface area contributed by atoms with Crippen molar-refractivity contribution in [3.05, 3.63) is 0 Å². The molecule has 0 aromatic heterocycles. The molecule has 0 bridgehead atoms. The van der Waals surface area contributed by atoms with E-state index in [2.05, 4.69) is 9.64 Å². The molecule has 1 saturated heterocycles. The lowest BCUT2D eigenvalue weighted by Crippen LogP contribution is -2.40. The van der Waals surface area contributed by atoms with Crippen molar-refractivity contribution in [1.82, 2.24) is 4.90 Å². The smallest absolute Gasteiger partial charge is 0.411 e. The Morgan fingerprint density at radius 1 is 1.50 bits per heavy atom. The Kier molecular flexibility index (Phi) is 6.75. The fourth-order valence-electron chi connectivity index (χ4n) is 2.58. The van der Waals surface area contributed by atoms with Crippen molar-refractivity contribution in [2.75, 3.05) is 32.8 Å². The van der Waals surface area contributed by atoms with Crippen LogP contribution in [0.15, 0.2) is 0 Å². The number of carbonyl (C=O) groups is 1. The molecule has 0 aromatic carbocycles. The van der Waals surface area contributed by atoms with Gasteiger partial charge >= 0.3 is 12.1 Å². The van der Waals surface area contributed by atoms with Crippen molar-refractivity contribution >= 4 is 5.97 Å². The third-order valence-corrected chi connectivity index (χ3v) is 3.66. The number of hydrogen-bond donors (Lipinski definition) is 1. The van der Waals surface area contributed by atoms with Gasteiger partial charge in [-0.25, -0.2) is 0 Å². The largest absolute Gasteiger partial charge is 0.481 e. The molecule has 0 aromatic rings. The monoisotopic (exact) mass is 297 g/mol. The molecule has 118 valence electrons. The average molecular weight is 297 g/mol. The summed E-state index contributed by atoms with van der Waals surface area (Å²) in [6.07, 6.45) is -2.20. The van der Waals surface area contributed by atoms with Gasteiger partial charge in [0.2, 0.25) is 0 Å². The lowest BCUT2D eigenvalue weighted by molar-refractivity contribution is -0.174. The highest BCUT2D eigenvalue weighted by Gasteiger charge is 2.28. The molecule has 0 amide bonds. The summed E-state index contributed by atoms with van der Waals surface area (Å²) in [5, 5.41) is 8.79. The van der Waals surface area contributed by atoms with Crippen LogP contribution in [0.5, 0.6) is 0 Å². The summed E-state index contributed by atoms with van der Waals surface area (Å²) >= 11 is 0. The van der Waals surface area contributed by atoms with Gasteiger partial charge in [-0.15, -0.1) is 0 Å². The summed E-state index contributed by atoms with van der Waals surface area (Å²) in [7, 11) is 0. The predicted molar refractivity (Wildman–Crippen MR) is 67.5 cm³/mol. The minimum atomic E-state index is -4.28. The zero-order valence-corrected chi connectivity index (χ0v) is 11.7. The van der Waals surface area contributed by atoms with Crippen molar-refractivity contribution in [2.45, 2.75) is 32.4 Å². The Bertz CT molecular complexity index is 310. The predicted octanol–water partition coefficient (Wildman–Crippen LogP) is 2.39. The molecule has 1 heterocycles. The van der Waals surface area contributed by atoms with Crippen LogP contribution < -0.4 is 0 Å². The summed E-state index contributed by atoms with van der Waals surface area (Å²) < 4.78 is 40.3. The van der Waals surface area contributed by atoms with Gasteiger partial charge in [0.05, 0.1) is 6.61 Å². The standard InChI is InChI=1S/C13H22F3NO3/c1-10(7-12(18)19)11-3-2-4-17(8-11)5-6-20-9-13(14,15)16/h10-11H,2-9H2,1H3,(H,18,19). The second-order valence-corrected chi connectivity index (χ2v) is 5.45. The van der Waals surface area contributed by atoms with Gasteiger partial charge in [0, 0.05) is 19.5 Å². The SMILES string of the molecule is CC(CC(=O)O)C1CCCN(CCOCC(F)(F)F)C1. The van der Waals surface area contributed by atoms with E-state index >= 15 is 0 Å². The average Bonchev–Trinajstić information content (AvgIpc) is 2.33. The molecule has 1 rings (SSSR count). The minimum Gasteiger partial charge on any atom is -0.481 e. The van der Waals surface area contributed by atoms with E-state index in [9.17, 15) is 18.0 Å². The summed E-state index contributed by atoms with van der Waals surface area (Å²) in [5.74, 6) is -0.419. The van der Waals surface area contributed by atoms with Crippen molar-refractivity contribution in [1.29, 1.82) is 0 Å². The van der Waals surface area contributed by atoms with E-state index in [-0.39, 0.29) is 18.9 Å². The molecule has 1 aliphatic rings. The second kappa shape index (κ2) is 7.83. The molecular weight excluding hydrogens is 275 g/mol. The summed E-state index contributed by atoms with van der Waals surface area (Å²) in [4.78, 5) is 12.8. The van der Waals surface area contributed by atoms with Crippen molar-refractivity contribution in [3.63, 3.8) is 0 Å². The number of carboxylic acid groups (broad SMARTS) is 1. The second-order valence-electron chi connectivity index (χ2n) is 5.45. The van der Waals surface area contributed by atoms with Gasteiger partial charge in [-0.3, -0.25) is 4.79 Å². The van der Waals surface area contributed by atoms with Crippen LogP contribution in [0.2, 0.25) is 0 Å². The third-order valence-electron chi connectivity index (χ3n) is 3.66. The molecule has 1 N–H and O–H groups in total. The first-order chi connectivity index (χ1) is 9.28. The third kappa shape index (κ3) is 7.09. The van der Waals surface area contributed by atoms with Gasteiger partial charge < -0.3 is 14.7 Å². The van der Waals surface area contributed by atoms with Crippen LogP contribution >= 0.6 is 0 Å². The fourth-order valence-corrected chi connectivity index (χ4v) is 2.58. The first-order valence-electron chi connectivity index (χ1n) is 6.86. The van der Waals surface area contributed by atoms with Crippen molar-refractivity contribution in [2.24, 2.45) is 11.8 Å². The topological polar surface area (TPSA) is 49.8 Å². The Balaban J connectivity index is 2.25. The number of rotatable bonds is 7. The van der Waals surface area contributed by atoms with Gasteiger partial charge in [-0.2, -0.15) is 13.2 Å². The fraction of sp³-hybridized carbons (Fsp3) is 0.923. The highest BCUT2D eigenvalue weighted by Crippen LogP contribution is 2.26. The normalized spacial score (nSPS) is 22.7. The van der Waals surface area contributed by atoms with E-state index < -0.39 is 18.8 Å².